The summed E-state index contributed by atoms with van der Waals surface area (Å²) in [5.74, 6) is 0. The van der Waals surface area contributed by atoms with Crippen molar-refractivity contribution in [2.45, 2.75) is 25.3 Å². The van der Waals surface area contributed by atoms with E-state index >= 15 is 0 Å². The predicted octanol–water partition coefficient (Wildman–Crippen LogP) is 4.16. The smallest absolute Gasteiger partial charge is 0.0436 e. The van der Waals surface area contributed by atoms with Gasteiger partial charge in [0.05, 0.1) is 0 Å². The zero-order valence-corrected chi connectivity index (χ0v) is 11.8. The summed E-state index contributed by atoms with van der Waals surface area (Å²) in [6, 6.07) is 21.8. The van der Waals surface area contributed by atoms with Gasteiger partial charge in [-0.25, -0.2) is 0 Å². The van der Waals surface area contributed by atoms with E-state index in [4.69, 9.17) is 0 Å². The Balaban J connectivity index is 1.69. The van der Waals surface area contributed by atoms with Crippen molar-refractivity contribution in [3.63, 3.8) is 0 Å². The van der Waals surface area contributed by atoms with Gasteiger partial charge >= 0.3 is 0 Å². The zero-order chi connectivity index (χ0) is 13.6. The average Bonchev–Trinajstić information content (AvgIpc) is 2.75. The van der Waals surface area contributed by atoms with Crippen LogP contribution in [0.2, 0.25) is 0 Å². The van der Waals surface area contributed by atoms with Crippen molar-refractivity contribution in [2.75, 3.05) is 23.3 Å². The first-order valence-corrected chi connectivity index (χ1v) is 7.53. The molecule has 1 aliphatic rings. The third-order valence-corrected chi connectivity index (χ3v) is 3.94. The molecular weight excluding hydrogens is 244 g/mol. The third kappa shape index (κ3) is 3.32. The van der Waals surface area contributed by atoms with Gasteiger partial charge in [-0.2, -0.15) is 0 Å². The molecule has 1 fully saturated rings. The molecule has 1 aliphatic heterocycles. The lowest BCUT2D eigenvalue weighted by Crippen LogP contribution is -2.35. The van der Waals surface area contributed by atoms with Crippen molar-refractivity contribution in [3.05, 3.63) is 60.7 Å². The summed E-state index contributed by atoms with van der Waals surface area (Å²) in [5.41, 5.74) is 2.57. The van der Waals surface area contributed by atoms with Crippen molar-refractivity contribution in [2.24, 2.45) is 0 Å². The quantitative estimate of drug-likeness (QED) is 0.897. The maximum atomic E-state index is 3.68. The summed E-state index contributed by atoms with van der Waals surface area (Å²) in [7, 11) is 0. The van der Waals surface area contributed by atoms with Crippen molar-refractivity contribution < 1.29 is 0 Å². The van der Waals surface area contributed by atoms with E-state index in [0.717, 1.165) is 13.1 Å². The Morgan fingerprint density at radius 1 is 0.850 bits per heavy atom. The van der Waals surface area contributed by atoms with Crippen LogP contribution in [0, 0.1) is 0 Å². The SMILES string of the molecule is c1ccc(NC2CCCCN(c3ccccc3)C2)cc1. The summed E-state index contributed by atoms with van der Waals surface area (Å²) in [5, 5.41) is 3.68. The fourth-order valence-corrected chi connectivity index (χ4v) is 2.90. The highest BCUT2D eigenvalue weighted by Crippen LogP contribution is 2.21. The van der Waals surface area contributed by atoms with Crippen LogP contribution >= 0.6 is 0 Å². The molecule has 0 amide bonds. The molecule has 0 bridgehead atoms. The van der Waals surface area contributed by atoms with E-state index in [1.54, 1.807) is 0 Å². The normalized spacial score (nSPS) is 19.4. The summed E-state index contributed by atoms with van der Waals surface area (Å²) in [6.45, 7) is 2.25. The third-order valence-electron chi connectivity index (χ3n) is 3.94. The molecule has 2 heteroatoms. The molecular formula is C18H22N2. The zero-order valence-electron chi connectivity index (χ0n) is 11.8. The van der Waals surface area contributed by atoms with Gasteiger partial charge in [0, 0.05) is 30.5 Å². The molecule has 20 heavy (non-hydrogen) atoms. The van der Waals surface area contributed by atoms with Crippen LogP contribution in [0.15, 0.2) is 60.7 Å². The lowest BCUT2D eigenvalue weighted by atomic mass is 10.1. The highest BCUT2D eigenvalue weighted by molar-refractivity contribution is 5.48. The Hall–Kier alpha value is -1.96. The number of para-hydroxylation sites is 2. The molecule has 0 saturated carbocycles. The molecule has 0 radical (unpaired) electrons. The number of hydrogen-bond donors (Lipinski definition) is 1. The van der Waals surface area contributed by atoms with Gasteiger partial charge < -0.3 is 10.2 Å². The van der Waals surface area contributed by atoms with Crippen LogP contribution in [0.4, 0.5) is 11.4 Å². The second-order valence-electron chi connectivity index (χ2n) is 5.48. The molecule has 1 unspecified atom stereocenters. The molecule has 1 saturated heterocycles. The fraction of sp³-hybridized carbons (Fsp3) is 0.333. The average molecular weight is 266 g/mol. The molecule has 0 aromatic heterocycles. The highest BCUT2D eigenvalue weighted by atomic mass is 15.2. The van der Waals surface area contributed by atoms with Crippen LogP contribution in [0.5, 0.6) is 0 Å². The van der Waals surface area contributed by atoms with Gasteiger partial charge in [0.15, 0.2) is 0 Å². The molecule has 2 aromatic carbocycles. The van der Waals surface area contributed by atoms with Crippen molar-refractivity contribution in [1.29, 1.82) is 0 Å². The van der Waals surface area contributed by atoms with Crippen molar-refractivity contribution in [3.8, 4) is 0 Å². The molecule has 2 nitrogen and oxygen atoms in total. The second-order valence-corrected chi connectivity index (χ2v) is 5.48. The van der Waals surface area contributed by atoms with Gasteiger partial charge in [-0.3, -0.25) is 0 Å². The summed E-state index contributed by atoms with van der Waals surface area (Å²) >= 11 is 0. The molecule has 2 aromatic rings. The molecule has 3 rings (SSSR count). The van der Waals surface area contributed by atoms with E-state index < -0.39 is 0 Å². The lowest BCUT2D eigenvalue weighted by Gasteiger charge is -2.27. The Morgan fingerprint density at radius 2 is 1.55 bits per heavy atom. The first-order valence-electron chi connectivity index (χ1n) is 7.53. The highest BCUT2D eigenvalue weighted by Gasteiger charge is 2.18. The first-order chi connectivity index (χ1) is 9.92. The summed E-state index contributed by atoms with van der Waals surface area (Å²) in [4.78, 5) is 2.51. The van der Waals surface area contributed by atoms with E-state index in [1.165, 1.54) is 30.6 Å². The van der Waals surface area contributed by atoms with Crippen LogP contribution in [0.3, 0.4) is 0 Å². The van der Waals surface area contributed by atoms with Gasteiger partial charge in [-0.15, -0.1) is 0 Å². The monoisotopic (exact) mass is 266 g/mol. The predicted molar refractivity (Wildman–Crippen MR) is 86.4 cm³/mol. The Kier molecular flexibility index (Phi) is 4.22. The molecule has 0 spiro atoms. The molecule has 1 heterocycles. The maximum absolute atomic E-state index is 3.68. The molecule has 104 valence electrons. The molecule has 0 aliphatic carbocycles. The van der Waals surface area contributed by atoms with Crippen LogP contribution < -0.4 is 10.2 Å². The van der Waals surface area contributed by atoms with Crippen LogP contribution in [-0.2, 0) is 0 Å². The fourth-order valence-electron chi connectivity index (χ4n) is 2.90. The Bertz CT molecular complexity index is 509. The van der Waals surface area contributed by atoms with Gasteiger partial charge in [0.25, 0.3) is 0 Å². The van der Waals surface area contributed by atoms with E-state index in [2.05, 4.69) is 70.9 Å². The van der Waals surface area contributed by atoms with Crippen molar-refractivity contribution >= 4 is 11.4 Å². The standard InChI is InChI=1S/C18H22N2/c1-3-9-16(10-4-1)19-17-11-7-8-14-20(15-17)18-12-5-2-6-13-18/h1-6,9-10,12-13,17,19H,7-8,11,14-15H2. The minimum Gasteiger partial charge on any atom is -0.381 e. The van der Waals surface area contributed by atoms with E-state index in [1.807, 2.05) is 0 Å². The van der Waals surface area contributed by atoms with Gasteiger partial charge in [0.1, 0.15) is 0 Å². The Labute approximate surface area is 121 Å². The number of benzene rings is 2. The van der Waals surface area contributed by atoms with Crippen LogP contribution in [0.25, 0.3) is 0 Å². The van der Waals surface area contributed by atoms with E-state index in [-0.39, 0.29) is 0 Å². The number of nitrogens with one attached hydrogen (secondary N) is 1. The summed E-state index contributed by atoms with van der Waals surface area (Å²) in [6.07, 6.45) is 3.83. The van der Waals surface area contributed by atoms with Crippen LogP contribution in [0.1, 0.15) is 19.3 Å². The number of anilines is 2. The van der Waals surface area contributed by atoms with Gasteiger partial charge in [0.2, 0.25) is 0 Å². The minimum absolute atomic E-state index is 0.528. The topological polar surface area (TPSA) is 15.3 Å². The minimum atomic E-state index is 0.528. The van der Waals surface area contributed by atoms with Gasteiger partial charge in [-0.05, 0) is 43.5 Å². The number of hydrogen-bond acceptors (Lipinski definition) is 2. The Morgan fingerprint density at radius 3 is 2.30 bits per heavy atom. The first kappa shape index (κ1) is 13.0. The number of nitrogens with zero attached hydrogens (tertiary/aromatic N) is 1. The lowest BCUT2D eigenvalue weighted by molar-refractivity contribution is 0.657. The summed E-state index contributed by atoms with van der Waals surface area (Å²) < 4.78 is 0. The molecule has 1 N–H and O–H groups in total. The van der Waals surface area contributed by atoms with Crippen molar-refractivity contribution in [1.82, 2.24) is 0 Å². The second kappa shape index (κ2) is 6.47. The van der Waals surface area contributed by atoms with E-state index in [0.29, 0.717) is 6.04 Å². The maximum Gasteiger partial charge on any atom is 0.0436 e. The van der Waals surface area contributed by atoms with E-state index in [9.17, 15) is 0 Å². The molecule has 1 atom stereocenters. The van der Waals surface area contributed by atoms with Crippen LogP contribution in [-0.4, -0.2) is 19.1 Å². The number of rotatable bonds is 3. The largest absolute Gasteiger partial charge is 0.381 e. The van der Waals surface area contributed by atoms with Gasteiger partial charge in [-0.1, -0.05) is 36.4 Å².